The minimum Gasteiger partial charge on any atom is -0.454 e. The molecule has 33 heavy (non-hydrogen) atoms. The van der Waals surface area contributed by atoms with E-state index in [-0.39, 0.29) is 34.0 Å². The standard InChI is InChI=1S/C25H26FNO5S/c26-21-6-1-2-7-22(21)27-33(30,31)20-5-3-4-19(11-20)24(29)32-15-23(28)25-12-16-8-17(13-25)10-18(9-16)14-25/h1-7,11,16-18,27H,8-10,12-15H2. The van der Waals surface area contributed by atoms with E-state index in [1.165, 1.54) is 61.7 Å². The predicted molar refractivity (Wildman–Crippen MR) is 120 cm³/mol. The Bertz CT molecular complexity index is 1170. The molecule has 1 N–H and O–H groups in total. The number of carbonyl (C=O) groups excluding carboxylic acids is 2. The highest BCUT2D eigenvalue weighted by molar-refractivity contribution is 7.92. The number of benzene rings is 2. The summed E-state index contributed by atoms with van der Waals surface area (Å²) in [4.78, 5) is 25.5. The Hall–Kier alpha value is -2.74. The summed E-state index contributed by atoms with van der Waals surface area (Å²) in [6, 6.07) is 10.7. The molecule has 4 saturated carbocycles. The van der Waals surface area contributed by atoms with Gasteiger partial charge in [-0.05, 0) is 86.6 Å². The molecule has 2 aromatic rings. The van der Waals surface area contributed by atoms with E-state index in [9.17, 15) is 22.4 Å². The summed E-state index contributed by atoms with van der Waals surface area (Å²) in [7, 11) is -4.12. The molecular formula is C25H26FNO5S. The van der Waals surface area contributed by atoms with Crippen LogP contribution in [0.15, 0.2) is 53.4 Å². The Labute approximate surface area is 192 Å². The van der Waals surface area contributed by atoms with Crippen LogP contribution >= 0.6 is 0 Å². The highest BCUT2D eigenvalue weighted by Gasteiger charge is 2.54. The molecule has 2 aromatic carbocycles. The maximum absolute atomic E-state index is 13.9. The van der Waals surface area contributed by atoms with E-state index < -0.39 is 21.8 Å². The van der Waals surface area contributed by atoms with Gasteiger partial charge in [0.15, 0.2) is 12.4 Å². The molecule has 4 fully saturated rings. The first-order valence-electron chi connectivity index (χ1n) is 11.3. The van der Waals surface area contributed by atoms with Gasteiger partial charge in [0.05, 0.1) is 16.1 Å². The topological polar surface area (TPSA) is 89.5 Å². The van der Waals surface area contributed by atoms with Gasteiger partial charge < -0.3 is 4.74 Å². The number of carbonyl (C=O) groups is 2. The van der Waals surface area contributed by atoms with Gasteiger partial charge >= 0.3 is 5.97 Å². The SMILES string of the molecule is O=C(OCC(=O)C12CC3CC(CC(C3)C1)C2)c1cccc(S(=O)(=O)Nc2ccccc2F)c1. The van der Waals surface area contributed by atoms with Crippen molar-refractivity contribution in [2.45, 2.75) is 43.4 Å². The van der Waals surface area contributed by atoms with Gasteiger partial charge in [-0.25, -0.2) is 17.6 Å². The average Bonchev–Trinajstić information content (AvgIpc) is 2.78. The fourth-order valence-electron chi connectivity index (χ4n) is 6.36. The zero-order valence-electron chi connectivity index (χ0n) is 18.1. The highest BCUT2D eigenvalue weighted by atomic mass is 32.2. The molecular weight excluding hydrogens is 445 g/mol. The van der Waals surface area contributed by atoms with Crippen molar-refractivity contribution < 1.29 is 27.1 Å². The van der Waals surface area contributed by atoms with E-state index in [1.54, 1.807) is 0 Å². The number of Topliss-reactive ketones (excluding diaryl/α,β-unsaturated/α-hetero) is 1. The first-order chi connectivity index (χ1) is 15.7. The number of hydrogen-bond acceptors (Lipinski definition) is 5. The Morgan fingerprint density at radius 3 is 2.24 bits per heavy atom. The Kier molecular flexibility index (Phi) is 5.51. The van der Waals surface area contributed by atoms with Gasteiger partial charge in [-0.3, -0.25) is 9.52 Å². The van der Waals surface area contributed by atoms with Crippen molar-refractivity contribution in [1.29, 1.82) is 0 Å². The van der Waals surface area contributed by atoms with Crippen molar-refractivity contribution in [2.24, 2.45) is 23.2 Å². The quantitative estimate of drug-likeness (QED) is 0.598. The maximum atomic E-state index is 13.9. The zero-order chi connectivity index (χ0) is 23.2. The third kappa shape index (κ3) is 4.28. The molecule has 6 rings (SSSR count). The maximum Gasteiger partial charge on any atom is 0.338 e. The van der Waals surface area contributed by atoms with Crippen molar-refractivity contribution in [2.75, 3.05) is 11.3 Å². The number of para-hydroxylation sites is 1. The zero-order valence-corrected chi connectivity index (χ0v) is 18.9. The number of ketones is 1. The molecule has 4 aliphatic rings. The fourth-order valence-corrected chi connectivity index (χ4v) is 7.47. The van der Waals surface area contributed by atoms with Gasteiger partial charge in [0.2, 0.25) is 0 Å². The van der Waals surface area contributed by atoms with Crippen LogP contribution < -0.4 is 4.72 Å². The molecule has 8 heteroatoms. The third-order valence-electron chi connectivity index (χ3n) is 7.46. The smallest absolute Gasteiger partial charge is 0.338 e. The van der Waals surface area contributed by atoms with Crippen LogP contribution in [-0.2, 0) is 19.6 Å². The van der Waals surface area contributed by atoms with Gasteiger partial charge in [0.1, 0.15) is 5.82 Å². The number of ether oxygens (including phenoxy) is 1. The molecule has 174 valence electrons. The largest absolute Gasteiger partial charge is 0.454 e. The summed E-state index contributed by atoms with van der Waals surface area (Å²) in [6.07, 6.45) is 6.33. The van der Waals surface area contributed by atoms with Crippen LogP contribution in [0.25, 0.3) is 0 Å². The van der Waals surface area contributed by atoms with E-state index >= 15 is 0 Å². The summed E-state index contributed by atoms with van der Waals surface area (Å²) < 4.78 is 46.7. The second-order valence-electron chi connectivity index (χ2n) is 9.81. The molecule has 0 aliphatic heterocycles. The van der Waals surface area contributed by atoms with Crippen molar-refractivity contribution >= 4 is 27.5 Å². The molecule has 0 atom stereocenters. The lowest BCUT2D eigenvalue weighted by atomic mass is 9.48. The van der Waals surface area contributed by atoms with E-state index in [0.717, 1.165) is 25.3 Å². The van der Waals surface area contributed by atoms with Crippen LogP contribution in [0, 0.1) is 29.0 Å². The molecule has 4 aliphatic carbocycles. The van der Waals surface area contributed by atoms with Gasteiger partial charge in [0, 0.05) is 5.41 Å². The highest BCUT2D eigenvalue weighted by Crippen LogP contribution is 2.60. The number of halogens is 1. The summed E-state index contributed by atoms with van der Waals surface area (Å²) in [5, 5.41) is 0. The van der Waals surface area contributed by atoms with Crippen LogP contribution in [0.1, 0.15) is 48.9 Å². The number of sulfonamides is 1. The molecule has 6 nitrogen and oxygen atoms in total. The van der Waals surface area contributed by atoms with Crippen molar-refractivity contribution in [3.8, 4) is 0 Å². The minimum atomic E-state index is -4.12. The van der Waals surface area contributed by atoms with Crippen LogP contribution in [-0.4, -0.2) is 26.8 Å². The van der Waals surface area contributed by atoms with Crippen LogP contribution in [0.2, 0.25) is 0 Å². The predicted octanol–water partition coefficient (Wildman–Crippen LogP) is 4.57. The van der Waals surface area contributed by atoms with Crippen LogP contribution in [0.5, 0.6) is 0 Å². The monoisotopic (exact) mass is 471 g/mol. The van der Waals surface area contributed by atoms with E-state index in [1.807, 2.05) is 0 Å². The van der Waals surface area contributed by atoms with E-state index in [0.29, 0.717) is 17.8 Å². The lowest BCUT2D eigenvalue weighted by Gasteiger charge is -2.55. The fraction of sp³-hybridized carbons (Fsp3) is 0.440. The molecule has 0 unspecified atom stereocenters. The summed E-state index contributed by atoms with van der Waals surface area (Å²) >= 11 is 0. The summed E-state index contributed by atoms with van der Waals surface area (Å²) in [6.45, 7) is -0.296. The van der Waals surface area contributed by atoms with Gasteiger partial charge in [-0.15, -0.1) is 0 Å². The molecule has 0 heterocycles. The molecule has 0 amide bonds. The number of rotatable bonds is 7. The molecule has 0 saturated heterocycles. The first kappa shape index (κ1) is 22.1. The summed E-state index contributed by atoms with van der Waals surface area (Å²) in [5.41, 5.74) is -0.527. The number of hydrogen-bond donors (Lipinski definition) is 1. The summed E-state index contributed by atoms with van der Waals surface area (Å²) in [5.74, 6) is 0.356. The normalized spacial score (nSPS) is 27.8. The van der Waals surface area contributed by atoms with Gasteiger partial charge in [0.25, 0.3) is 10.0 Å². The first-order valence-corrected chi connectivity index (χ1v) is 12.8. The Balaban J connectivity index is 1.26. The minimum absolute atomic E-state index is 0.0139. The van der Waals surface area contributed by atoms with E-state index in [2.05, 4.69) is 4.72 Å². The van der Waals surface area contributed by atoms with Crippen molar-refractivity contribution in [3.05, 3.63) is 59.9 Å². The van der Waals surface area contributed by atoms with Crippen LogP contribution in [0.3, 0.4) is 0 Å². The van der Waals surface area contributed by atoms with Crippen molar-refractivity contribution in [1.82, 2.24) is 0 Å². The number of anilines is 1. The molecule has 4 bridgehead atoms. The lowest BCUT2D eigenvalue weighted by molar-refractivity contribution is -0.147. The van der Waals surface area contributed by atoms with Crippen LogP contribution in [0.4, 0.5) is 10.1 Å². The molecule has 0 spiro atoms. The third-order valence-corrected chi connectivity index (χ3v) is 8.83. The second kappa shape index (κ2) is 8.24. The average molecular weight is 472 g/mol. The number of esters is 1. The Morgan fingerprint density at radius 2 is 1.61 bits per heavy atom. The van der Waals surface area contributed by atoms with Gasteiger partial charge in [-0.1, -0.05) is 18.2 Å². The molecule has 0 aromatic heterocycles. The number of nitrogens with one attached hydrogen (secondary N) is 1. The van der Waals surface area contributed by atoms with Crippen molar-refractivity contribution in [3.63, 3.8) is 0 Å². The Morgan fingerprint density at radius 1 is 0.970 bits per heavy atom. The second-order valence-corrected chi connectivity index (χ2v) is 11.5. The van der Waals surface area contributed by atoms with E-state index in [4.69, 9.17) is 4.74 Å². The lowest BCUT2D eigenvalue weighted by Crippen LogP contribution is -2.51. The molecule has 0 radical (unpaired) electrons. The van der Waals surface area contributed by atoms with Gasteiger partial charge in [-0.2, -0.15) is 0 Å².